The number of terminal acetylenes is 1. The number of nitrogens with zero attached hydrogens (tertiary/aromatic N) is 1. The van der Waals surface area contributed by atoms with E-state index in [1.165, 1.54) is 4.90 Å². The third kappa shape index (κ3) is 3.47. The fourth-order valence-electron chi connectivity index (χ4n) is 3.67. The van der Waals surface area contributed by atoms with E-state index in [1.54, 1.807) is 17.8 Å². The number of imide groups is 1. The van der Waals surface area contributed by atoms with Crippen LogP contribution in [0.2, 0.25) is 0 Å². The van der Waals surface area contributed by atoms with Gasteiger partial charge in [0.1, 0.15) is 0 Å². The number of thioether (sulfide) groups is 1. The van der Waals surface area contributed by atoms with Crippen LogP contribution < -0.4 is 4.90 Å². The highest BCUT2D eigenvalue weighted by molar-refractivity contribution is 7.98. The zero-order valence-corrected chi connectivity index (χ0v) is 17.6. The Bertz CT molecular complexity index is 943. The molecule has 0 radical (unpaired) electrons. The minimum absolute atomic E-state index is 0.198. The summed E-state index contributed by atoms with van der Waals surface area (Å²) in [5.41, 5.74) is 4.66. The van der Waals surface area contributed by atoms with Crippen LogP contribution in [-0.4, -0.2) is 17.6 Å². The smallest absolute Gasteiger partial charge is 0.266 e. The average Bonchev–Trinajstić information content (AvgIpc) is 2.92. The van der Waals surface area contributed by atoms with Crippen LogP contribution in [0.5, 0.6) is 0 Å². The molecule has 3 rings (SSSR count). The van der Waals surface area contributed by atoms with E-state index in [-0.39, 0.29) is 23.7 Å². The van der Waals surface area contributed by atoms with E-state index in [0.29, 0.717) is 22.6 Å². The maximum absolute atomic E-state index is 13.5. The molecule has 1 aliphatic rings. The Hall–Kier alpha value is -2.51. The molecule has 1 aliphatic heterocycles. The van der Waals surface area contributed by atoms with Crippen molar-refractivity contribution in [2.45, 2.75) is 45.3 Å². The molecule has 144 valence electrons. The number of para-hydroxylation sites is 1. The van der Waals surface area contributed by atoms with Gasteiger partial charge in [-0.1, -0.05) is 63.9 Å². The first-order valence-electron chi connectivity index (χ1n) is 9.53. The standard InChI is InChI=1S/C24H25NO2S/c1-6-13-28-14-17-9-7-12-20-21(17)24(27)25(23(20)26)22-18(15(2)3)10-8-11-19(22)16(4)5/h1,7-12,15-16H,13-14H2,2-5H3. The predicted octanol–water partition coefficient (Wildman–Crippen LogP) is 5.60. The lowest BCUT2D eigenvalue weighted by atomic mass is 9.92. The SMILES string of the molecule is C#CCSCc1cccc2c1C(=O)N(c1c(C(C)C)cccc1C(C)C)C2=O. The number of rotatable bonds is 6. The Morgan fingerprint density at radius 3 is 2.14 bits per heavy atom. The van der Waals surface area contributed by atoms with Crippen molar-refractivity contribution in [2.75, 3.05) is 10.7 Å². The summed E-state index contributed by atoms with van der Waals surface area (Å²) in [6.45, 7) is 8.35. The van der Waals surface area contributed by atoms with Crippen molar-refractivity contribution in [3.05, 3.63) is 64.2 Å². The molecule has 0 unspecified atom stereocenters. The van der Waals surface area contributed by atoms with Gasteiger partial charge < -0.3 is 0 Å². The van der Waals surface area contributed by atoms with E-state index in [4.69, 9.17) is 6.42 Å². The maximum atomic E-state index is 13.5. The molecule has 0 N–H and O–H groups in total. The second-order valence-corrected chi connectivity index (χ2v) is 8.56. The van der Waals surface area contributed by atoms with Gasteiger partial charge in [-0.2, -0.15) is 0 Å². The number of amides is 2. The van der Waals surface area contributed by atoms with E-state index in [1.807, 2.05) is 30.3 Å². The van der Waals surface area contributed by atoms with Gasteiger partial charge in [0.15, 0.2) is 0 Å². The van der Waals surface area contributed by atoms with Crippen LogP contribution in [0.3, 0.4) is 0 Å². The van der Waals surface area contributed by atoms with Crippen LogP contribution in [-0.2, 0) is 5.75 Å². The van der Waals surface area contributed by atoms with Crippen molar-refractivity contribution < 1.29 is 9.59 Å². The topological polar surface area (TPSA) is 37.4 Å². The molecule has 0 aliphatic carbocycles. The summed E-state index contributed by atoms with van der Waals surface area (Å²) in [4.78, 5) is 28.2. The van der Waals surface area contributed by atoms with E-state index in [9.17, 15) is 9.59 Å². The third-order valence-electron chi connectivity index (χ3n) is 5.01. The van der Waals surface area contributed by atoms with Gasteiger partial charge in [-0.15, -0.1) is 18.2 Å². The molecule has 0 saturated heterocycles. The largest absolute Gasteiger partial charge is 0.268 e. The van der Waals surface area contributed by atoms with Crippen LogP contribution in [0.4, 0.5) is 5.69 Å². The van der Waals surface area contributed by atoms with Gasteiger partial charge in [-0.05, 0) is 34.6 Å². The minimum atomic E-state index is -0.237. The van der Waals surface area contributed by atoms with Crippen molar-refractivity contribution in [2.24, 2.45) is 0 Å². The van der Waals surface area contributed by atoms with Gasteiger partial charge in [0, 0.05) is 5.75 Å². The molecule has 3 nitrogen and oxygen atoms in total. The quantitative estimate of drug-likeness (QED) is 0.365. The molecule has 0 spiro atoms. The van der Waals surface area contributed by atoms with Gasteiger partial charge in [-0.25, -0.2) is 4.90 Å². The summed E-state index contributed by atoms with van der Waals surface area (Å²) in [5, 5.41) is 0. The summed E-state index contributed by atoms with van der Waals surface area (Å²) in [6, 6.07) is 11.5. The number of hydrogen-bond donors (Lipinski definition) is 0. The molecule has 0 saturated carbocycles. The number of hydrogen-bond acceptors (Lipinski definition) is 3. The summed E-state index contributed by atoms with van der Waals surface area (Å²) in [7, 11) is 0. The molecular formula is C24H25NO2S. The number of carbonyl (C=O) groups excluding carboxylic acids is 2. The van der Waals surface area contributed by atoms with Gasteiger partial charge in [0.2, 0.25) is 0 Å². The van der Waals surface area contributed by atoms with Crippen molar-refractivity contribution in [3.63, 3.8) is 0 Å². The van der Waals surface area contributed by atoms with Crippen LogP contribution in [0, 0.1) is 12.3 Å². The van der Waals surface area contributed by atoms with E-state index in [0.717, 1.165) is 22.4 Å². The molecule has 0 aromatic heterocycles. The van der Waals surface area contributed by atoms with Crippen LogP contribution in [0.1, 0.15) is 76.9 Å². The second-order valence-electron chi connectivity index (χ2n) is 7.58. The lowest BCUT2D eigenvalue weighted by Crippen LogP contribution is -2.32. The van der Waals surface area contributed by atoms with E-state index in [2.05, 4.69) is 33.6 Å². The van der Waals surface area contributed by atoms with E-state index >= 15 is 0 Å². The van der Waals surface area contributed by atoms with Crippen molar-refractivity contribution in [3.8, 4) is 12.3 Å². The molecule has 1 heterocycles. The molecule has 2 aromatic carbocycles. The molecule has 28 heavy (non-hydrogen) atoms. The van der Waals surface area contributed by atoms with Gasteiger partial charge in [0.05, 0.1) is 22.6 Å². The number of benzene rings is 2. The Balaban J connectivity index is 2.14. The monoisotopic (exact) mass is 391 g/mol. The Morgan fingerprint density at radius 2 is 1.57 bits per heavy atom. The Kier molecular flexibility index (Phi) is 5.96. The molecule has 0 atom stereocenters. The molecule has 0 bridgehead atoms. The summed E-state index contributed by atoms with van der Waals surface area (Å²) >= 11 is 1.57. The highest BCUT2D eigenvalue weighted by Crippen LogP contribution is 2.40. The van der Waals surface area contributed by atoms with Crippen molar-refractivity contribution in [1.29, 1.82) is 0 Å². The van der Waals surface area contributed by atoms with Gasteiger partial charge >= 0.3 is 0 Å². The van der Waals surface area contributed by atoms with E-state index < -0.39 is 0 Å². The lowest BCUT2D eigenvalue weighted by Gasteiger charge is -2.25. The third-order valence-corrected chi connectivity index (χ3v) is 5.90. The molecule has 0 fully saturated rings. The normalized spacial score (nSPS) is 13.4. The molecule has 2 amide bonds. The van der Waals surface area contributed by atoms with Gasteiger partial charge in [-0.3, -0.25) is 9.59 Å². The van der Waals surface area contributed by atoms with Gasteiger partial charge in [0.25, 0.3) is 11.8 Å². The fourth-order valence-corrected chi connectivity index (χ4v) is 4.35. The second kappa shape index (κ2) is 8.24. The molecule has 4 heteroatoms. The average molecular weight is 392 g/mol. The van der Waals surface area contributed by atoms with Crippen LogP contribution >= 0.6 is 11.8 Å². The van der Waals surface area contributed by atoms with Crippen LogP contribution in [0.15, 0.2) is 36.4 Å². The summed E-state index contributed by atoms with van der Waals surface area (Å²) in [6.07, 6.45) is 5.34. The zero-order valence-electron chi connectivity index (χ0n) is 16.8. The number of fused-ring (bicyclic) bond motifs is 1. The highest BCUT2D eigenvalue weighted by Gasteiger charge is 2.40. The maximum Gasteiger partial charge on any atom is 0.266 e. The number of anilines is 1. The molecular weight excluding hydrogens is 366 g/mol. The zero-order chi connectivity index (χ0) is 20.4. The summed E-state index contributed by atoms with van der Waals surface area (Å²) < 4.78 is 0. The first-order valence-corrected chi connectivity index (χ1v) is 10.7. The number of carbonyl (C=O) groups is 2. The van der Waals surface area contributed by atoms with Crippen molar-refractivity contribution in [1.82, 2.24) is 0 Å². The molecule has 2 aromatic rings. The summed E-state index contributed by atoms with van der Waals surface area (Å²) in [5.74, 6) is 3.72. The van der Waals surface area contributed by atoms with Crippen LogP contribution in [0.25, 0.3) is 0 Å². The Morgan fingerprint density at radius 1 is 0.964 bits per heavy atom. The first kappa shape index (κ1) is 20.2. The first-order chi connectivity index (χ1) is 13.4. The predicted molar refractivity (Wildman–Crippen MR) is 117 cm³/mol. The lowest BCUT2D eigenvalue weighted by molar-refractivity contribution is 0.0925. The minimum Gasteiger partial charge on any atom is -0.268 e. The Labute approximate surface area is 171 Å². The fraction of sp³-hybridized carbons (Fsp3) is 0.333. The highest BCUT2D eigenvalue weighted by atomic mass is 32.2. The van der Waals surface area contributed by atoms with Crippen molar-refractivity contribution >= 4 is 29.3 Å².